The lowest BCUT2D eigenvalue weighted by Gasteiger charge is -2.02. The molecule has 0 aromatic heterocycles. The van der Waals surface area contributed by atoms with Crippen molar-refractivity contribution in [2.45, 2.75) is 32.7 Å². The summed E-state index contributed by atoms with van der Waals surface area (Å²) in [6, 6.07) is -0.717. The standard InChI is InChI=1S/C8H15NO2/c1-6(2)4-3-5-7(9)8(10)11/h4,7H,3,5,9H2,1-2H3,(H,10,11)/t7-/m1/s1. The minimum atomic E-state index is -0.924. The molecule has 64 valence electrons. The molecule has 11 heavy (non-hydrogen) atoms. The number of aliphatic carboxylic acids is 1. The lowest BCUT2D eigenvalue weighted by atomic mass is 10.1. The molecule has 0 fully saturated rings. The predicted molar refractivity (Wildman–Crippen MR) is 44.3 cm³/mol. The van der Waals surface area contributed by atoms with Crippen molar-refractivity contribution in [3.63, 3.8) is 0 Å². The van der Waals surface area contributed by atoms with Gasteiger partial charge in [0.1, 0.15) is 6.04 Å². The number of carboxylic acids is 1. The number of hydrogen-bond donors (Lipinski definition) is 2. The van der Waals surface area contributed by atoms with Crippen LogP contribution in [-0.2, 0) is 4.79 Å². The van der Waals surface area contributed by atoms with Gasteiger partial charge in [0.15, 0.2) is 0 Å². The van der Waals surface area contributed by atoms with E-state index in [0.29, 0.717) is 6.42 Å². The summed E-state index contributed by atoms with van der Waals surface area (Å²) >= 11 is 0. The van der Waals surface area contributed by atoms with Crippen molar-refractivity contribution in [3.8, 4) is 0 Å². The van der Waals surface area contributed by atoms with E-state index in [9.17, 15) is 4.79 Å². The molecule has 0 aliphatic carbocycles. The molecule has 0 rings (SSSR count). The first-order chi connectivity index (χ1) is 5.04. The average molecular weight is 157 g/mol. The van der Waals surface area contributed by atoms with E-state index in [2.05, 4.69) is 0 Å². The van der Waals surface area contributed by atoms with Crippen molar-refractivity contribution >= 4 is 5.97 Å². The van der Waals surface area contributed by atoms with Gasteiger partial charge in [-0.3, -0.25) is 4.79 Å². The molecule has 0 aromatic carbocycles. The van der Waals surface area contributed by atoms with Crippen LogP contribution in [0, 0.1) is 0 Å². The van der Waals surface area contributed by atoms with Gasteiger partial charge in [0.2, 0.25) is 0 Å². The summed E-state index contributed by atoms with van der Waals surface area (Å²) in [5.41, 5.74) is 6.47. The van der Waals surface area contributed by atoms with Crippen LogP contribution in [0.3, 0.4) is 0 Å². The Morgan fingerprint density at radius 1 is 1.64 bits per heavy atom. The molecule has 3 nitrogen and oxygen atoms in total. The molecule has 1 atom stereocenters. The van der Waals surface area contributed by atoms with E-state index in [1.165, 1.54) is 5.57 Å². The molecule has 3 N–H and O–H groups in total. The molecule has 0 bridgehead atoms. The largest absolute Gasteiger partial charge is 0.480 e. The molecule has 0 heterocycles. The highest BCUT2D eigenvalue weighted by atomic mass is 16.4. The first kappa shape index (κ1) is 10.2. The van der Waals surface area contributed by atoms with E-state index in [4.69, 9.17) is 10.8 Å². The van der Waals surface area contributed by atoms with Crippen LogP contribution in [0.25, 0.3) is 0 Å². The number of carbonyl (C=O) groups is 1. The van der Waals surface area contributed by atoms with Gasteiger partial charge in [-0.25, -0.2) is 0 Å². The Labute approximate surface area is 66.9 Å². The second-order valence-corrected chi connectivity index (χ2v) is 2.80. The maximum absolute atomic E-state index is 10.2. The zero-order chi connectivity index (χ0) is 8.85. The lowest BCUT2D eigenvalue weighted by Crippen LogP contribution is -2.29. The summed E-state index contributed by atoms with van der Waals surface area (Å²) in [6.07, 6.45) is 3.25. The Kier molecular flexibility index (Phi) is 4.54. The summed E-state index contributed by atoms with van der Waals surface area (Å²) in [7, 11) is 0. The maximum atomic E-state index is 10.2. The number of allylic oxidation sites excluding steroid dienone is 2. The number of rotatable bonds is 4. The van der Waals surface area contributed by atoms with Gasteiger partial charge in [0.05, 0.1) is 0 Å². The van der Waals surface area contributed by atoms with Gasteiger partial charge in [-0.05, 0) is 26.7 Å². The Bertz CT molecular complexity index is 159. The minimum Gasteiger partial charge on any atom is -0.480 e. The van der Waals surface area contributed by atoms with E-state index < -0.39 is 12.0 Å². The topological polar surface area (TPSA) is 63.3 Å². The summed E-state index contributed by atoms with van der Waals surface area (Å²) < 4.78 is 0. The molecule has 0 saturated carbocycles. The summed E-state index contributed by atoms with van der Waals surface area (Å²) in [4.78, 5) is 10.2. The van der Waals surface area contributed by atoms with E-state index >= 15 is 0 Å². The fourth-order valence-corrected chi connectivity index (χ4v) is 0.675. The van der Waals surface area contributed by atoms with Crippen LogP contribution in [0.5, 0.6) is 0 Å². The fraction of sp³-hybridized carbons (Fsp3) is 0.625. The van der Waals surface area contributed by atoms with Crippen LogP contribution in [0.4, 0.5) is 0 Å². The predicted octanol–water partition coefficient (Wildman–Crippen LogP) is 1.14. The zero-order valence-electron chi connectivity index (χ0n) is 7.00. The van der Waals surface area contributed by atoms with Crippen LogP contribution in [0.2, 0.25) is 0 Å². The molecule has 0 aromatic rings. The minimum absolute atomic E-state index is 0.514. The zero-order valence-corrected chi connectivity index (χ0v) is 7.00. The van der Waals surface area contributed by atoms with Crippen molar-refractivity contribution in [1.29, 1.82) is 0 Å². The Morgan fingerprint density at radius 3 is 2.55 bits per heavy atom. The third-order valence-electron chi connectivity index (χ3n) is 1.35. The molecule has 0 radical (unpaired) electrons. The highest BCUT2D eigenvalue weighted by molar-refractivity contribution is 5.72. The smallest absolute Gasteiger partial charge is 0.320 e. The lowest BCUT2D eigenvalue weighted by molar-refractivity contribution is -0.138. The SMILES string of the molecule is CC(C)=CCC[C@@H](N)C(=O)O. The quantitative estimate of drug-likeness (QED) is 0.601. The summed E-state index contributed by atoms with van der Waals surface area (Å²) in [5, 5.41) is 8.40. The van der Waals surface area contributed by atoms with Gasteiger partial charge < -0.3 is 10.8 Å². The second-order valence-electron chi connectivity index (χ2n) is 2.80. The van der Waals surface area contributed by atoms with E-state index in [-0.39, 0.29) is 0 Å². The van der Waals surface area contributed by atoms with Gasteiger partial charge in [-0.15, -0.1) is 0 Å². The van der Waals surface area contributed by atoms with Gasteiger partial charge in [-0.2, -0.15) is 0 Å². The van der Waals surface area contributed by atoms with Gasteiger partial charge in [-0.1, -0.05) is 11.6 Å². The number of carboxylic acid groups (broad SMARTS) is 1. The first-order valence-electron chi connectivity index (χ1n) is 3.65. The fourth-order valence-electron chi connectivity index (χ4n) is 0.675. The van der Waals surface area contributed by atoms with Crippen molar-refractivity contribution in [3.05, 3.63) is 11.6 Å². The van der Waals surface area contributed by atoms with Crippen molar-refractivity contribution < 1.29 is 9.90 Å². The van der Waals surface area contributed by atoms with Crippen molar-refractivity contribution in [1.82, 2.24) is 0 Å². The molecule has 0 saturated heterocycles. The Hall–Kier alpha value is -0.830. The third-order valence-corrected chi connectivity index (χ3v) is 1.35. The van der Waals surface area contributed by atoms with E-state index in [1.54, 1.807) is 0 Å². The molecular formula is C8H15NO2. The van der Waals surface area contributed by atoms with E-state index in [0.717, 1.165) is 6.42 Å². The van der Waals surface area contributed by atoms with Gasteiger partial charge in [0, 0.05) is 0 Å². The van der Waals surface area contributed by atoms with Crippen molar-refractivity contribution in [2.75, 3.05) is 0 Å². The van der Waals surface area contributed by atoms with Crippen LogP contribution in [0.1, 0.15) is 26.7 Å². The molecule has 0 aliphatic rings. The molecular weight excluding hydrogens is 142 g/mol. The number of nitrogens with two attached hydrogens (primary N) is 1. The Morgan fingerprint density at radius 2 is 2.18 bits per heavy atom. The van der Waals surface area contributed by atoms with Crippen molar-refractivity contribution in [2.24, 2.45) is 5.73 Å². The molecule has 0 unspecified atom stereocenters. The third kappa shape index (κ3) is 5.61. The van der Waals surface area contributed by atoms with Crippen LogP contribution < -0.4 is 5.73 Å². The van der Waals surface area contributed by atoms with Crippen LogP contribution in [0.15, 0.2) is 11.6 Å². The maximum Gasteiger partial charge on any atom is 0.320 e. The summed E-state index contributed by atoms with van der Waals surface area (Å²) in [5.74, 6) is -0.924. The Balaban J connectivity index is 3.55. The van der Waals surface area contributed by atoms with Crippen LogP contribution in [-0.4, -0.2) is 17.1 Å². The molecule has 0 spiro atoms. The monoisotopic (exact) mass is 157 g/mol. The number of hydrogen-bond acceptors (Lipinski definition) is 2. The highest BCUT2D eigenvalue weighted by Gasteiger charge is 2.08. The molecule has 0 amide bonds. The highest BCUT2D eigenvalue weighted by Crippen LogP contribution is 1.99. The van der Waals surface area contributed by atoms with E-state index in [1.807, 2.05) is 19.9 Å². The first-order valence-corrected chi connectivity index (χ1v) is 3.65. The molecule has 0 aliphatic heterocycles. The average Bonchev–Trinajstić information content (AvgIpc) is 1.86. The second kappa shape index (κ2) is 4.91. The van der Waals surface area contributed by atoms with Crippen LogP contribution >= 0.6 is 0 Å². The molecule has 3 heteroatoms. The summed E-state index contributed by atoms with van der Waals surface area (Å²) in [6.45, 7) is 3.96. The normalized spacial score (nSPS) is 12.3. The van der Waals surface area contributed by atoms with Gasteiger partial charge in [0.25, 0.3) is 0 Å². The van der Waals surface area contributed by atoms with Gasteiger partial charge >= 0.3 is 5.97 Å².